The summed E-state index contributed by atoms with van der Waals surface area (Å²) in [5.41, 5.74) is 5.33. The van der Waals surface area contributed by atoms with Crippen molar-refractivity contribution in [1.82, 2.24) is 4.90 Å². The van der Waals surface area contributed by atoms with Crippen molar-refractivity contribution in [2.24, 2.45) is 5.73 Å². The normalized spacial score (nSPS) is 25.1. The van der Waals surface area contributed by atoms with Crippen molar-refractivity contribution >= 4 is 0 Å². The molecule has 1 unspecified atom stereocenters. The molecule has 11 heavy (non-hydrogen) atoms. The van der Waals surface area contributed by atoms with Gasteiger partial charge in [-0.2, -0.15) is 0 Å². The zero-order valence-corrected chi connectivity index (χ0v) is 7.25. The van der Waals surface area contributed by atoms with E-state index in [0.29, 0.717) is 6.04 Å². The summed E-state index contributed by atoms with van der Waals surface area (Å²) in [5, 5.41) is 0. The van der Waals surface area contributed by atoms with E-state index in [9.17, 15) is 0 Å². The van der Waals surface area contributed by atoms with Crippen LogP contribution in [0, 0.1) is 0 Å². The first-order chi connectivity index (χ1) is 5.34. The second-order valence-electron chi connectivity index (χ2n) is 3.14. The topological polar surface area (TPSA) is 38.5 Å². The molecule has 1 aliphatic rings. The van der Waals surface area contributed by atoms with E-state index in [0.717, 1.165) is 26.2 Å². The van der Waals surface area contributed by atoms with Crippen molar-refractivity contribution in [3.05, 3.63) is 0 Å². The van der Waals surface area contributed by atoms with E-state index in [2.05, 4.69) is 11.9 Å². The lowest BCUT2D eigenvalue weighted by Gasteiger charge is -2.37. The molecule has 0 aromatic carbocycles. The molecular weight excluding hydrogens is 140 g/mol. The summed E-state index contributed by atoms with van der Waals surface area (Å²) in [6.45, 7) is 3.67. The van der Waals surface area contributed by atoms with Gasteiger partial charge in [-0.05, 0) is 33.0 Å². The molecule has 1 aliphatic heterocycles. The quantitative estimate of drug-likeness (QED) is 0.575. The predicted octanol–water partition coefficient (Wildman–Crippen LogP) is 0.0559. The number of hydrogen-bond acceptors (Lipinski definition) is 3. The Morgan fingerprint density at radius 1 is 1.64 bits per heavy atom. The minimum atomic E-state index is 0.674. The van der Waals surface area contributed by atoms with E-state index in [1.165, 1.54) is 13.0 Å². The molecule has 0 radical (unpaired) electrons. The highest BCUT2D eigenvalue weighted by Gasteiger charge is 2.23. The first-order valence-corrected chi connectivity index (χ1v) is 4.32. The number of hydrogen-bond donors (Lipinski definition) is 1. The van der Waals surface area contributed by atoms with Crippen LogP contribution < -0.4 is 5.73 Å². The SMILES string of the molecule is CN1CCC1COCCCN. The van der Waals surface area contributed by atoms with E-state index in [1.807, 2.05) is 0 Å². The third-order valence-corrected chi connectivity index (χ3v) is 2.24. The third-order valence-electron chi connectivity index (χ3n) is 2.24. The molecule has 1 atom stereocenters. The number of ether oxygens (including phenoxy) is 1. The molecule has 0 aromatic rings. The maximum Gasteiger partial charge on any atom is 0.0622 e. The van der Waals surface area contributed by atoms with Crippen molar-refractivity contribution in [2.45, 2.75) is 18.9 Å². The Kier molecular flexibility index (Phi) is 3.83. The number of nitrogens with zero attached hydrogens (tertiary/aromatic N) is 1. The minimum absolute atomic E-state index is 0.674. The van der Waals surface area contributed by atoms with Crippen molar-refractivity contribution in [3.63, 3.8) is 0 Å². The highest BCUT2D eigenvalue weighted by atomic mass is 16.5. The van der Waals surface area contributed by atoms with Gasteiger partial charge in [0.25, 0.3) is 0 Å². The van der Waals surface area contributed by atoms with Gasteiger partial charge in [0.15, 0.2) is 0 Å². The van der Waals surface area contributed by atoms with Gasteiger partial charge in [0, 0.05) is 12.6 Å². The molecule has 0 aromatic heterocycles. The zero-order chi connectivity index (χ0) is 8.10. The summed E-state index contributed by atoms with van der Waals surface area (Å²) in [7, 11) is 2.14. The molecule has 0 amide bonds. The zero-order valence-electron chi connectivity index (χ0n) is 7.25. The van der Waals surface area contributed by atoms with Crippen molar-refractivity contribution in [1.29, 1.82) is 0 Å². The third kappa shape index (κ3) is 2.77. The van der Waals surface area contributed by atoms with Crippen LogP contribution in [0.4, 0.5) is 0 Å². The molecular formula is C8H18N2O. The fourth-order valence-corrected chi connectivity index (χ4v) is 1.19. The molecule has 0 bridgehead atoms. The standard InChI is InChI=1S/C8H18N2O/c1-10-5-3-8(10)7-11-6-2-4-9/h8H,2-7,9H2,1H3. The van der Waals surface area contributed by atoms with Gasteiger partial charge < -0.3 is 15.4 Å². The van der Waals surface area contributed by atoms with Gasteiger partial charge in [-0.15, -0.1) is 0 Å². The lowest BCUT2D eigenvalue weighted by Crippen LogP contribution is -2.47. The minimum Gasteiger partial charge on any atom is -0.380 e. The number of likely N-dealkylation sites (tertiary alicyclic amines) is 1. The molecule has 66 valence electrons. The summed E-state index contributed by atoms with van der Waals surface area (Å²) in [6, 6.07) is 0.674. The van der Waals surface area contributed by atoms with Crippen LogP contribution in [0.25, 0.3) is 0 Å². The Labute approximate surface area is 68.5 Å². The maximum atomic E-state index is 5.43. The largest absolute Gasteiger partial charge is 0.380 e. The highest BCUT2D eigenvalue weighted by Crippen LogP contribution is 2.13. The van der Waals surface area contributed by atoms with Crippen molar-refractivity contribution in [3.8, 4) is 0 Å². The summed E-state index contributed by atoms with van der Waals surface area (Å²) in [4.78, 5) is 2.32. The number of likely N-dealkylation sites (N-methyl/N-ethyl adjacent to an activating group) is 1. The Bertz CT molecular complexity index is 108. The summed E-state index contributed by atoms with van der Waals surface area (Å²) < 4.78 is 5.43. The molecule has 1 saturated heterocycles. The van der Waals surface area contributed by atoms with Crippen LogP contribution in [0.5, 0.6) is 0 Å². The molecule has 1 rings (SSSR count). The Morgan fingerprint density at radius 2 is 2.45 bits per heavy atom. The van der Waals surface area contributed by atoms with E-state index >= 15 is 0 Å². The highest BCUT2D eigenvalue weighted by molar-refractivity contribution is 4.78. The maximum absolute atomic E-state index is 5.43. The van der Waals surface area contributed by atoms with Gasteiger partial charge in [-0.3, -0.25) is 0 Å². The summed E-state index contributed by atoms with van der Waals surface area (Å²) in [6.07, 6.45) is 2.27. The van der Waals surface area contributed by atoms with Crippen LogP contribution in [0.1, 0.15) is 12.8 Å². The lowest BCUT2D eigenvalue weighted by atomic mass is 10.1. The molecule has 0 aliphatic carbocycles. The smallest absolute Gasteiger partial charge is 0.0622 e. The summed E-state index contributed by atoms with van der Waals surface area (Å²) >= 11 is 0. The summed E-state index contributed by atoms with van der Waals surface area (Å²) in [5.74, 6) is 0. The second-order valence-corrected chi connectivity index (χ2v) is 3.14. The van der Waals surface area contributed by atoms with E-state index in [-0.39, 0.29) is 0 Å². The first-order valence-electron chi connectivity index (χ1n) is 4.32. The Morgan fingerprint density at radius 3 is 2.91 bits per heavy atom. The van der Waals surface area contributed by atoms with Gasteiger partial charge in [0.2, 0.25) is 0 Å². The molecule has 3 nitrogen and oxygen atoms in total. The Balaban J connectivity index is 1.87. The molecule has 0 saturated carbocycles. The van der Waals surface area contributed by atoms with Gasteiger partial charge in [0.1, 0.15) is 0 Å². The average Bonchev–Trinajstić information content (AvgIpc) is 2.02. The van der Waals surface area contributed by atoms with Gasteiger partial charge in [-0.25, -0.2) is 0 Å². The van der Waals surface area contributed by atoms with Crippen LogP contribution >= 0.6 is 0 Å². The first kappa shape index (κ1) is 8.97. The fraction of sp³-hybridized carbons (Fsp3) is 1.00. The van der Waals surface area contributed by atoms with Crippen LogP contribution in [-0.2, 0) is 4.74 Å². The molecule has 0 spiro atoms. The fourth-order valence-electron chi connectivity index (χ4n) is 1.19. The average molecular weight is 158 g/mol. The van der Waals surface area contributed by atoms with Crippen LogP contribution in [0.3, 0.4) is 0 Å². The molecule has 1 heterocycles. The monoisotopic (exact) mass is 158 g/mol. The van der Waals surface area contributed by atoms with E-state index < -0.39 is 0 Å². The van der Waals surface area contributed by atoms with E-state index in [1.54, 1.807) is 0 Å². The van der Waals surface area contributed by atoms with Crippen molar-refractivity contribution < 1.29 is 4.74 Å². The van der Waals surface area contributed by atoms with Crippen LogP contribution in [0.15, 0.2) is 0 Å². The molecule has 3 heteroatoms. The second kappa shape index (κ2) is 4.70. The number of rotatable bonds is 5. The number of nitrogens with two attached hydrogens (primary N) is 1. The van der Waals surface area contributed by atoms with Gasteiger partial charge in [-0.1, -0.05) is 0 Å². The molecule has 2 N–H and O–H groups in total. The van der Waals surface area contributed by atoms with Gasteiger partial charge >= 0.3 is 0 Å². The van der Waals surface area contributed by atoms with E-state index in [4.69, 9.17) is 10.5 Å². The van der Waals surface area contributed by atoms with Crippen LogP contribution in [-0.4, -0.2) is 44.3 Å². The predicted molar refractivity (Wildman–Crippen MR) is 45.5 cm³/mol. The Hall–Kier alpha value is -0.120. The van der Waals surface area contributed by atoms with Gasteiger partial charge in [0.05, 0.1) is 6.61 Å². The van der Waals surface area contributed by atoms with Crippen LogP contribution in [0.2, 0.25) is 0 Å². The molecule has 1 fully saturated rings. The van der Waals surface area contributed by atoms with Crippen molar-refractivity contribution in [2.75, 3.05) is 33.4 Å². The lowest BCUT2D eigenvalue weighted by molar-refractivity contribution is 0.0212.